The number of carbonyl (C=O) groups excluding carboxylic acids is 2. The minimum absolute atomic E-state index is 0.0232. The molecule has 2 aromatic heterocycles. The lowest BCUT2D eigenvalue weighted by Gasteiger charge is -2.13. The number of fused-ring (bicyclic) bond motifs is 1. The summed E-state index contributed by atoms with van der Waals surface area (Å²) >= 11 is 1.35. The molecule has 2 amide bonds. The van der Waals surface area contributed by atoms with Gasteiger partial charge in [0.15, 0.2) is 11.5 Å². The van der Waals surface area contributed by atoms with Crippen LogP contribution in [0, 0.1) is 0 Å². The summed E-state index contributed by atoms with van der Waals surface area (Å²) in [5.74, 6) is 0.622. The van der Waals surface area contributed by atoms with Gasteiger partial charge in [0.05, 0.1) is 11.8 Å². The van der Waals surface area contributed by atoms with Crippen LogP contribution in [0.5, 0.6) is 0 Å². The van der Waals surface area contributed by atoms with Gasteiger partial charge in [0.2, 0.25) is 5.91 Å². The Hall–Kier alpha value is -3.20. The van der Waals surface area contributed by atoms with Gasteiger partial charge >= 0.3 is 0 Å². The van der Waals surface area contributed by atoms with Gasteiger partial charge in [0.1, 0.15) is 11.4 Å². The number of rotatable bonds is 7. The first-order chi connectivity index (χ1) is 15.2. The molecule has 0 unspecified atom stereocenters. The molecule has 5 rings (SSSR count). The molecule has 1 aromatic carbocycles. The van der Waals surface area contributed by atoms with Gasteiger partial charge in [-0.05, 0) is 42.9 Å². The maximum Gasteiger partial charge on any atom is 0.272 e. The number of aryl methyl sites for hydroxylation is 1. The van der Waals surface area contributed by atoms with E-state index in [1.165, 1.54) is 29.2 Å². The molecule has 8 nitrogen and oxygen atoms in total. The molecule has 1 fully saturated rings. The second kappa shape index (κ2) is 8.50. The van der Waals surface area contributed by atoms with Gasteiger partial charge in [-0.1, -0.05) is 36.0 Å². The monoisotopic (exact) mass is 434 g/mol. The second-order valence-electron chi connectivity index (χ2n) is 7.75. The molecule has 0 saturated heterocycles. The summed E-state index contributed by atoms with van der Waals surface area (Å²) in [6, 6.07) is 12.0. The molecule has 0 radical (unpaired) electrons. The molecule has 2 heterocycles. The number of hydrogen-bond acceptors (Lipinski definition) is 6. The third-order valence-electron chi connectivity index (χ3n) is 5.42. The van der Waals surface area contributed by atoms with E-state index in [-0.39, 0.29) is 29.7 Å². The first-order valence-electron chi connectivity index (χ1n) is 10.3. The third-order valence-corrected chi connectivity index (χ3v) is 6.34. The topological polar surface area (TPSA) is 102 Å². The molecule has 31 heavy (non-hydrogen) atoms. The quantitative estimate of drug-likeness (QED) is 0.438. The zero-order chi connectivity index (χ0) is 21.2. The molecular formula is C22H22N6O2S. The number of hydrogen-bond donors (Lipinski definition) is 2. The summed E-state index contributed by atoms with van der Waals surface area (Å²) in [6.45, 7) is 0. The molecule has 158 valence electrons. The van der Waals surface area contributed by atoms with Crippen molar-refractivity contribution < 1.29 is 9.59 Å². The molecule has 2 N–H and O–H groups in total. The van der Waals surface area contributed by atoms with E-state index >= 15 is 0 Å². The fourth-order valence-corrected chi connectivity index (χ4v) is 4.35. The lowest BCUT2D eigenvalue weighted by molar-refractivity contribution is -0.119. The largest absolute Gasteiger partial charge is 0.349 e. The Morgan fingerprint density at radius 3 is 2.84 bits per heavy atom. The number of aromatic nitrogens is 4. The van der Waals surface area contributed by atoms with Crippen LogP contribution in [0.1, 0.15) is 46.9 Å². The van der Waals surface area contributed by atoms with Crippen molar-refractivity contribution in [3.05, 3.63) is 65.7 Å². The van der Waals surface area contributed by atoms with Crippen LogP contribution in [0.4, 0.5) is 0 Å². The highest BCUT2D eigenvalue weighted by atomic mass is 32.2. The highest BCUT2D eigenvalue weighted by molar-refractivity contribution is 7.99. The summed E-state index contributed by atoms with van der Waals surface area (Å²) in [5.41, 5.74) is 2.88. The fraction of sp³-hybridized carbons (Fsp3) is 0.318. The summed E-state index contributed by atoms with van der Waals surface area (Å²) in [4.78, 5) is 33.1. The maximum atomic E-state index is 12.5. The van der Waals surface area contributed by atoms with Crippen LogP contribution in [0.2, 0.25) is 0 Å². The van der Waals surface area contributed by atoms with E-state index in [0.29, 0.717) is 16.5 Å². The molecule has 1 atom stereocenters. The minimum Gasteiger partial charge on any atom is -0.349 e. The standard InChI is InChI=1S/C22H22N6O2S/c29-20(26-17-8-5-14-3-1-2-4-16(14)17)12-31-21-11-19(23-13-24-21)28-10-9-18(27-28)22(30)25-15-6-7-15/h1-4,9-11,13,15,17H,5-8,12H2,(H,25,30)(H,26,29)/t17-/m1/s1. The van der Waals surface area contributed by atoms with Crippen LogP contribution in [-0.2, 0) is 11.2 Å². The van der Waals surface area contributed by atoms with Gasteiger partial charge in [-0.3, -0.25) is 9.59 Å². The van der Waals surface area contributed by atoms with Crippen molar-refractivity contribution >= 4 is 23.6 Å². The van der Waals surface area contributed by atoms with E-state index < -0.39 is 0 Å². The average Bonchev–Trinajstić information content (AvgIpc) is 3.31. The molecule has 2 aliphatic rings. The van der Waals surface area contributed by atoms with E-state index in [0.717, 1.165) is 25.7 Å². The lowest BCUT2D eigenvalue weighted by Crippen LogP contribution is -2.28. The first kappa shape index (κ1) is 19.7. The van der Waals surface area contributed by atoms with Crippen LogP contribution in [-0.4, -0.2) is 43.4 Å². The molecule has 9 heteroatoms. The normalized spacial score (nSPS) is 17.2. The van der Waals surface area contributed by atoms with Gasteiger partial charge in [-0.25, -0.2) is 14.6 Å². The Morgan fingerprint density at radius 2 is 1.97 bits per heavy atom. The number of thioether (sulfide) groups is 1. The van der Waals surface area contributed by atoms with E-state index in [1.54, 1.807) is 23.0 Å². The van der Waals surface area contributed by atoms with Gasteiger partial charge in [-0.2, -0.15) is 5.10 Å². The van der Waals surface area contributed by atoms with E-state index in [4.69, 9.17) is 0 Å². The second-order valence-corrected chi connectivity index (χ2v) is 8.75. The van der Waals surface area contributed by atoms with Crippen LogP contribution < -0.4 is 10.6 Å². The Morgan fingerprint density at radius 1 is 1.10 bits per heavy atom. The van der Waals surface area contributed by atoms with Crippen molar-refractivity contribution in [2.45, 2.75) is 42.8 Å². The Balaban J connectivity index is 1.18. The average molecular weight is 435 g/mol. The van der Waals surface area contributed by atoms with Crippen molar-refractivity contribution in [2.75, 3.05) is 5.75 Å². The van der Waals surface area contributed by atoms with E-state index in [9.17, 15) is 9.59 Å². The highest BCUT2D eigenvalue weighted by Crippen LogP contribution is 2.30. The molecule has 0 bridgehead atoms. The summed E-state index contributed by atoms with van der Waals surface area (Å²) in [5, 5.41) is 11.0. The smallest absolute Gasteiger partial charge is 0.272 e. The lowest BCUT2D eigenvalue weighted by atomic mass is 10.1. The molecular weight excluding hydrogens is 412 g/mol. The van der Waals surface area contributed by atoms with Gasteiger partial charge < -0.3 is 10.6 Å². The molecule has 0 spiro atoms. The summed E-state index contributed by atoms with van der Waals surface area (Å²) in [7, 11) is 0. The summed E-state index contributed by atoms with van der Waals surface area (Å²) in [6.07, 6.45) is 7.12. The van der Waals surface area contributed by atoms with Gasteiger partial charge in [0, 0.05) is 18.3 Å². The van der Waals surface area contributed by atoms with Crippen molar-refractivity contribution in [3.63, 3.8) is 0 Å². The Labute approximate surface area is 183 Å². The van der Waals surface area contributed by atoms with Crippen LogP contribution in [0.25, 0.3) is 5.82 Å². The van der Waals surface area contributed by atoms with Crippen LogP contribution in [0.15, 0.2) is 53.9 Å². The van der Waals surface area contributed by atoms with Crippen LogP contribution in [0.3, 0.4) is 0 Å². The Bertz CT molecular complexity index is 1130. The minimum atomic E-state index is -0.171. The van der Waals surface area contributed by atoms with E-state index in [2.05, 4.69) is 37.8 Å². The van der Waals surface area contributed by atoms with Crippen molar-refractivity contribution in [1.82, 2.24) is 30.4 Å². The fourth-order valence-electron chi connectivity index (χ4n) is 3.68. The molecule has 3 aromatic rings. The first-order valence-corrected chi connectivity index (χ1v) is 11.3. The number of carbonyl (C=O) groups is 2. The third kappa shape index (κ3) is 4.61. The zero-order valence-corrected chi connectivity index (χ0v) is 17.6. The Kier molecular flexibility index (Phi) is 5.42. The van der Waals surface area contributed by atoms with Crippen molar-refractivity contribution in [2.24, 2.45) is 0 Å². The molecule has 0 aliphatic heterocycles. The molecule has 1 saturated carbocycles. The number of amides is 2. The van der Waals surface area contributed by atoms with Gasteiger partial charge in [0.25, 0.3) is 5.91 Å². The predicted octanol–water partition coefficient (Wildman–Crippen LogP) is 2.45. The highest BCUT2D eigenvalue weighted by Gasteiger charge is 2.25. The van der Waals surface area contributed by atoms with Gasteiger partial charge in [-0.15, -0.1) is 0 Å². The number of benzene rings is 1. The van der Waals surface area contributed by atoms with Crippen molar-refractivity contribution in [1.29, 1.82) is 0 Å². The maximum absolute atomic E-state index is 12.5. The zero-order valence-electron chi connectivity index (χ0n) is 16.8. The number of nitrogens with one attached hydrogen (secondary N) is 2. The van der Waals surface area contributed by atoms with Crippen LogP contribution >= 0.6 is 11.8 Å². The van der Waals surface area contributed by atoms with E-state index in [1.807, 2.05) is 12.1 Å². The number of nitrogens with zero attached hydrogens (tertiary/aromatic N) is 4. The predicted molar refractivity (Wildman–Crippen MR) is 116 cm³/mol. The summed E-state index contributed by atoms with van der Waals surface area (Å²) < 4.78 is 1.54. The van der Waals surface area contributed by atoms with Crippen molar-refractivity contribution in [3.8, 4) is 5.82 Å². The molecule has 2 aliphatic carbocycles. The SMILES string of the molecule is O=C(CSc1cc(-n2ccc(C(=O)NC3CC3)n2)ncn1)N[C@@H]1CCc2ccccc21.